The number of halogens is 2. The van der Waals surface area contributed by atoms with Crippen molar-refractivity contribution in [2.75, 3.05) is 0 Å². The molecule has 3 heteroatoms. The number of ketones is 1. The van der Waals surface area contributed by atoms with Crippen LogP contribution in [-0.4, -0.2) is 5.78 Å². The van der Waals surface area contributed by atoms with Gasteiger partial charge in [-0.3, -0.25) is 4.79 Å². The van der Waals surface area contributed by atoms with Gasteiger partial charge in [-0.15, -0.1) is 0 Å². The maximum atomic E-state index is 12.0. The number of Topliss-reactive ketones (excluding diaryl/α,β-unsaturated/α-hetero) is 1. The fraction of sp³-hybridized carbons (Fsp3) is 0.500. The Balaban J connectivity index is 2.66. The van der Waals surface area contributed by atoms with E-state index in [0.29, 0.717) is 6.42 Å². The van der Waals surface area contributed by atoms with Gasteiger partial charge in [0.25, 0.3) is 0 Å². The Hall–Kier alpha value is -0.150. The zero-order chi connectivity index (χ0) is 12.8. The third kappa shape index (κ3) is 4.55. The minimum Gasteiger partial charge on any atom is -0.294 e. The Bertz CT molecular complexity index is 399. The number of unbranched alkanes of at least 4 members (excludes halogenated alkanes) is 3. The summed E-state index contributed by atoms with van der Waals surface area (Å²) in [5, 5.41) is 0. The van der Waals surface area contributed by atoms with E-state index in [1.165, 1.54) is 12.8 Å². The van der Waals surface area contributed by atoms with Crippen molar-refractivity contribution in [3.8, 4) is 0 Å². The fourth-order valence-electron chi connectivity index (χ4n) is 1.71. The monoisotopic (exact) mass is 360 g/mol. The van der Waals surface area contributed by atoms with Gasteiger partial charge in [-0.25, -0.2) is 0 Å². The molecule has 1 rings (SSSR count). The highest BCUT2D eigenvalue weighted by Crippen LogP contribution is 2.26. The predicted octanol–water partition coefficient (Wildman–Crippen LogP) is 5.67. The molecule has 1 aromatic carbocycles. The van der Waals surface area contributed by atoms with E-state index in [1.807, 2.05) is 19.1 Å². The fourth-order valence-corrected chi connectivity index (χ4v) is 2.73. The van der Waals surface area contributed by atoms with Crippen molar-refractivity contribution in [2.24, 2.45) is 0 Å². The summed E-state index contributed by atoms with van der Waals surface area (Å²) in [5.41, 5.74) is 1.93. The smallest absolute Gasteiger partial charge is 0.164 e. The molecule has 0 spiro atoms. The Morgan fingerprint density at radius 2 is 1.82 bits per heavy atom. The molecular formula is C14H18Br2O. The summed E-state index contributed by atoms with van der Waals surface area (Å²) in [6, 6.07) is 3.91. The van der Waals surface area contributed by atoms with E-state index < -0.39 is 0 Å². The molecule has 0 bridgehead atoms. The zero-order valence-electron chi connectivity index (χ0n) is 10.4. The summed E-state index contributed by atoms with van der Waals surface area (Å²) in [4.78, 5) is 12.0. The first-order chi connectivity index (χ1) is 8.06. The van der Waals surface area contributed by atoms with Crippen LogP contribution in [0.25, 0.3) is 0 Å². The summed E-state index contributed by atoms with van der Waals surface area (Å²) >= 11 is 6.93. The molecule has 0 radical (unpaired) electrons. The second-order valence-corrected chi connectivity index (χ2v) is 6.02. The molecule has 94 valence electrons. The van der Waals surface area contributed by atoms with Crippen LogP contribution in [0, 0.1) is 6.92 Å². The van der Waals surface area contributed by atoms with Gasteiger partial charge in [0, 0.05) is 20.9 Å². The molecule has 0 aromatic heterocycles. The molecule has 0 aliphatic heterocycles. The van der Waals surface area contributed by atoms with Gasteiger partial charge in [0.15, 0.2) is 5.78 Å². The molecular weight excluding hydrogens is 344 g/mol. The lowest BCUT2D eigenvalue weighted by molar-refractivity contribution is 0.0978. The lowest BCUT2D eigenvalue weighted by Crippen LogP contribution is -2.01. The van der Waals surface area contributed by atoms with Crippen molar-refractivity contribution in [3.05, 3.63) is 32.2 Å². The molecule has 0 amide bonds. The molecule has 1 nitrogen and oxygen atoms in total. The Kier molecular flexibility index (Phi) is 6.42. The molecule has 0 heterocycles. The van der Waals surface area contributed by atoms with Crippen LogP contribution >= 0.6 is 31.9 Å². The van der Waals surface area contributed by atoms with E-state index in [-0.39, 0.29) is 5.78 Å². The summed E-state index contributed by atoms with van der Waals surface area (Å²) in [6.07, 6.45) is 5.20. The normalized spacial score (nSPS) is 10.6. The van der Waals surface area contributed by atoms with E-state index in [4.69, 9.17) is 0 Å². The summed E-state index contributed by atoms with van der Waals surface area (Å²) in [7, 11) is 0. The molecule has 0 unspecified atom stereocenters. The van der Waals surface area contributed by atoms with E-state index in [0.717, 1.165) is 32.9 Å². The first-order valence-electron chi connectivity index (χ1n) is 6.05. The first kappa shape index (κ1) is 14.9. The Morgan fingerprint density at radius 1 is 1.12 bits per heavy atom. The van der Waals surface area contributed by atoms with E-state index in [1.54, 1.807) is 0 Å². The number of benzene rings is 1. The van der Waals surface area contributed by atoms with Crippen LogP contribution in [0.4, 0.5) is 0 Å². The minimum absolute atomic E-state index is 0.230. The molecule has 0 fully saturated rings. The third-order valence-electron chi connectivity index (χ3n) is 2.81. The summed E-state index contributed by atoms with van der Waals surface area (Å²) < 4.78 is 1.90. The lowest BCUT2D eigenvalue weighted by Gasteiger charge is -2.07. The van der Waals surface area contributed by atoms with Gasteiger partial charge >= 0.3 is 0 Å². The Labute approximate surface area is 120 Å². The number of rotatable bonds is 6. The number of hydrogen-bond acceptors (Lipinski definition) is 1. The third-order valence-corrected chi connectivity index (χ3v) is 4.32. The first-order valence-corrected chi connectivity index (χ1v) is 7.63. The van der Waals surface area contributed by atoms with Gasteiger partial charge in [0.1, 0.15) is 0 Å². The standard InChI is InChI=1S/C14H18Br2O/c1-3-4-5-6-7-14(17)11-9-12(15)10(2)8-13(11)16/h8-9H,3-7H2,1-2H3. The molecule has 0 saturated carbocycles. The van der Waals surface area contributed by atoms with Crippen LogP contribution in [0.15, 0.2) is 21.1 Å². The van der Waals surface area contributed by atoms with Crippen molar-refractivity contribution in [1.29, 1.82) is 0 Å². The van der Waals surface area contributed by atoms with Gasteiger partial charge in [-0.05, 0) is 31.0 Å². The average molecular weight is 362 g/mol. The van der Waals surface area contributed by atoms with E-state index >= 15 is 0 Å². The van der Waals surface area contributed by atoms with Crippen LogP contribution in [-0.2, 0) is 0 Å². The average Bonchev–Trinajstić information content (AvgIpc) is 2.29. The van der Waals surface area contributed by atoms with Gasteiger partial charge in [-0.2, -0.15) is 0 Å². The van der Waals surface area contributed by atoms with Gasteiger partial charge in [-0.1, -0.05) is 58.0 Å². The Morgan fingerprint density at radius 3 is 2.47 bits per heavy atom. The second-order valence-electron chi connectivity index (χ2n) is 4.32. The van der Waals surface area contributed by atoms with Gasteiger partial charge in [0.05, 0.1) is 0 Å². The van der Waals surface area contributed by atoms with E-state index in [2.05, 4.69) is 38.8 Å². The van der Waals surface area contributed by atoms with Gasteiger partial charge in [0.2, 0.25) is 0 Å². The van der Waals surface area contributed by atoms with Crippen LogP contribution in [0.1, 0.15) is 54.9 Å². The van der Waals surface area contributed by atoms with Crippen molar-refractivity contribution in [2.45, 2.75) is 46.0 Å². The second kappa shape index (κ2) is 7.32. The number of aryl methyl sites for hydroxylation is 1. The highest BCUT2D eigenvalue weighted by molar-refractivity contribution is 9.11. The van der Waals surface area contributed by atoms with Crippen LogP contribution < -0.4 is 0 Å². The molecule has 1 aromatic rings. The SMILES string of the molecule is CCCCCCC(=O)c1cc(Br)c(C)cc1Br. The number of carbonyl (C=O) groups is 1. The van der Waals surface area contributed by atoms with Crippen molar-refractivity contribution in [3.63, 3.8) is 0 Å². The number of hydrogen-bond donors (Lipinski definition) is 0. The predicted molar refractivity (Wildman–Crippen MR) is 79.7 cm³/mol. The maximum absolute atomic E-state index is 12.0. The van der Waals surface area contributed by atoms with Gasteiger partial charge < -0.3 is 0 Å². The summed E-state index contributed by atoms with van der Waals surface area (Å²) in [6.45, 7) is 4.19. The molecule has 0 atom stereocenters. The van der Waals surface area contributed by atoms with Crippen molar-refractivity contribution < 1.29 is 4.79 Å². The molecule has 0 aliphatic carbocycles. The van der Waals surface area contributed by atoms with Crippen LogP contribution in [0.3, 0.4) is 0 Å². The molecule has 0 N–H and O–H groups in total. The lowest BCUT2D eigenvalue weighted by atomic mass is 10.0. The highest BCUT2D eigenvalue weighted by atomic mass is 79.9. The number of carbonyl (C=O) groups excluding carboxylic acids is 1. The quantitative estimate of drug-likeness (QED) is 0.471. The minimum atomic E-state index is 0.230. The van der Waals surface area contributed by atoms with Crippen LogP contribution in [0.2, 0.25) is 0 Å². The topological polar surface area (TPSA) is 17.1 Å². The van der Waals surface area contributed by atoms with E-state index in [9.17, 15) is 4.79 Å². The molecule has 17 heavy (non-hydrogen) atoms. The largest absolute Gasteiger partial charge is 0.294 e. The van der Waals surface area contributed by atoms with Crippen molar-refractivity contribution in [1.82, 2.24) is 0 Å². The maximum Gasteiger partial charge on any atom is 0.164 e. The van der Waals surface area contributed by atoms with Crippen molar-refractivity contribution >= 4 is 37.6 Å². The molecule has 0 aliphatic rings. The van der Waals surface area contributed by atoms with Crippen LogP contribution in [0.5, 0.6) is 0 Å². The zero-order valence-corrected chi connectivity index (χ0v) is 13.5. The highest BCUT2D eigenvalue weighted by Gasteiger charge is 2.11. The molecule has 0 saturated heterocycles. The summed E-state index contributed by atoms with van der Waals surface area (Å²) in [5.74, 6) is 0.230.